The van der Waals surface area contributed by atoms with Crippen LogP contribution >= 0.6 is 0 Å². The number of hydrogen-bond donors (Lipinski definition) is 2. The van der Waals surface area contributed by atoms with Crippen molar-refractivity contribution >= 4 is 11.6 Å². The van der Waals surface area contributed by atoms with Crippen molar-refractivity contribution in [2.45, 2.75) is 26.3 Å². The first-order valence-electron chi connectivity index (χ1n) is 6.15. The number of carbonyl (C=O) groups excluding carboxylic acids is 1. The van der Waals surface area contributed by atoms with Crippen molar-refractivity contribution in [3.05, 3.63) is 29.6 Å². The Bertz CT molecular complexity index is 597. The maximum Gasteiger partial charge on any atom is 0.271 e. The fraction of sp³-hybridized carbons (Fsp3) is 0.417. The fourth-order valence-electron chi connectivity index (χ4n) is 2.01. The van der Waals surface area contributed by atoms with E-state index in [4.69, 9.17) is 11.5 Å². The third kappa shape index (κ3) is 2.44. The number of hydrogen-bond acceptors (Lipinski definition) is 4. The van der Waals surface area contributed by atoms with E-state index >= 15 is 0 Å². The largest absolute Gasteiger partial charge is 0.395 e. The van der Waals surface area contributed by atoms with Gasteiger partial charge in [0.15, 0.2) is 5.69 Å². The summed E-state index contributed by atoms with van der Waals surface area (Å²) < 4.78 is 3.61. The van der Waals surface area contributed by atoms with Crippen molar-refractivity contribution in [3.8, 4) is 0 Å². The lowest BCUT2D eigenvalue weighted by molar-refractivity contribution is 0.0995. The molecule has 102 valence electrons. The van der Waals surface area contributed by atoms with Crippen LogP contribution in [0.2, 0.25) is 0 Å². The van der Waals surface area contributed by atoms with Gasteiger partial charge in [-0.2, -0.15) is 5.10 Å². The van der Waals surface area contributed by atoms with Crippen LogP contribution in [-0.4, -0.2) is 25.2 Å². The SMILES string of the molecule is CCCc1c(N)c(C(N)=O)nn1Cc1nccn1C. The van der Waals surface area contributed by atoms with Gasteiger partial charge < -0.3 is 16.0 Å². The molecule has 0 aromatic carbocycles. The molecule has 1 amide bonds. The van der Waals surface area contributed by atoms with E-state index in [1.807, 2.05) is 24.7 Å². The average Bonchev–Trinajstić information content (AvgIpc) is 2.88. The molecule has 0 atom stereocenters. The van der Waals surface area contributed by atoms with Gasteiger partial charge in [0.2, 0.25) is 0 Å². The molecule has 7 nitrogen and oxygen atoms in total. The standard InChI is InChI=1S/C12H18N6O/c1-3-4-8-10(13)11(12(14)19)16-18(8)7-9-15-5-6-17(9)2/h5-6H,3-4,7,13H2,1-2H3,(H2,14,19). The number of nitrogens with zero attached hydrogens (tertiary/aromatic N) is 4. The van der Waals surface area contributed by atoms with Gasteiger partial charge in [-0.05, 0) is 6.42 Å². The van der Waals surface area contributed by atoms with Crippen LogP contribution in [0.4, 0.5) is 5.69 Å². The van der Waals surface area contributed by atoms with E-state index in [2.05, 4.69) is 10.1 Å². The first-order valence-corrected chi connectivity index (χ1v) is 6.15. The molecule has 4 N–H and O–H groups in total. The number of aryl methyl sites for hydroxylation is 1. The van der Waals surface area contributed by atoms with E-state index in [0.717, 1.165) is 24.4 Å². The minimum absolute atomic E-state index is 0.137. The molecule has 19 heavy (non-hydrogen) atoms. The van der Waals surface area contributed by atoms with Crippen molar-refractivity contribution in [2.24, 2.45) is 12.8 Å². The number of aromatic nitrogens is 4. The Balaban J connectivity index is 2.41. The summed E-state index contributed by atoms with van der Waals surface area (Å²) in [6.07, 6.45) is 5.23. The van der Waals surface area contributed by atoms with Gasteiger partial charge >= 0.3 is 0 Å². The molecule has 0 bridgehead atoms. The highest BCUT2D eigenvalue weighted by Gasteiger charge is 2.19. The second kappa shape index (κ2) is 5.13. The molecule has 0 saturated carbocycles. The number of nitrogens with two attached hydrogens (primary N) is 2. The van der Waals surface area contributed by atoms with Crippen molar-refractivity contribution in [1.29, 1.82) is 0 Å². The van der Waals surface area contributed by atoms with Crippen LogP contribution < -0.4 is 11.5 Å². The second-order valence-electron chi connectivity index (χ2n) is 4.44. The first kappa shape index (κ1) is 13.1. The number of imidazole rings is 1. The van der Waals surface area contributed by atoms with E-state index in [9.17, 15) is 4.79 Å². The highest BCUT2D eigenvalue weighted by atomic mass is 16.1. The van der Waals surface area contributed by atoms with Gasteiger partial charge in [-0.3, -0.25) is 9.48 Å². The summed E-state index contributed by atoms with van der Waals surface area (Å²) in [5.41, 5.74) is 12.6. The first-order chi connectivity index (χ1) is 9.04. The molecule has 0 radical (unpaired) electrons. The number of rotatable bonds is 5. The summed E-state index contributed by atoms with van der Waals surface area (Å²) in [7, 11) is 1.91. The van der Waals surface area contributed by atoms with Gasteiger partial charge in [-0.1, -0.05) is 13.3 Å². The van der Waals surface area contributed by atoms with E-state index in [1.165, 1.54) is 0 Å². The van der Waals surface area contributed by atoms with E-state index in [-0.39, 0.29) is 5.69 Å². The predicted octanol–water partition coefficient (Wildman–Crippen LogP) is 0.298. The lowest BCUT2D eigenvalue weighted by atomic mass is 10.2. The molecule has 0 fully saturated rings. The maximum atomic E-state index is 11.3. The van der Waals surface area contributed by atoms with Gasteiger partial charge in [0.05, 0.1) is 17.9 Å². The summed E-state index contributed by atoms with van der Waals surface area (Å²) in [4.78, 5) is 15.5. The third-order valence-electron chi connectivity index (χ3n) is 3.03. The summed E-state index contributed by atoms with van der Waals surface area (Å²) in [5.74, 6) is 0.240. The number of primary amides is 1. The zero-order valence-corrected chi connectivity index (χ0v) is 11.1. The lowest BCUT2D eigenvalue weighted by Gasteiger charge is -2.07. The highest BCUT2D eigenvalue weighted by Crippen LogP contribution is 2.19. The second-order valence-corrected chi connectivity index (χ2v) is 4.44. The Morgan fingerprint density at radius 3 is 2.74 bits per heavy atom. The van der Waals surface area contributed by atoms with E-state index < -0.39 is 5.91 Å². The molecular weight excluding hydrogens is 244 g/mol. The summed E-state index contributed by atoms with van der Waals surface area (Å²) in [6, 6.07) is 0. The lowest BCUT2D eigenvalue weighted by Crippen LogP contribution is -2.14. The predicted molar refractivity (Wildman–Crippen MR) is 71.5 cm³/mol. The molecule has 0 saturated heterocycles. The van der Waals surface area contributed by atoms with Gasteiger partial charge in [-0.25, -0.2) is 4.98 Å². The molecule has 2 rings (SSSR count). The van der Waals surface area contributed by atoms with Gasteiger partial charge in [-0.15, -0.1) is 0 Å². The van der Waals surface area contributed by atoms with Crippen LogP contribution in [0.25, 0.3) is 0 Å². The minimum atomic E-state index is -0.603. The van der Waals surface area contributed by atoms with Gasteiger partial charge in [0.1, 0.15) is 5.82 Å². The smallest absolute Gasteiger partial charge is 0.271 e. The summed E-state index contributed by atoms with van der Waals surface area (Å²) in [6.45, 7) is 2.51. The van der Waals surface area contributed by atoms with Crippen LogP contribution in [0.1, 0.15) is 35.4 Å². The highest BCUT2D eigenvalue weighted by molar-refractivity contribution is 5.96. The third-order valence-corrected chi connectivity index (χ3v) is 3.03. The molecule has 0 unspecified atom stereocenters. The molecular formula is C12H18N6O. The molecule has 2 heterocycles. The monoisotopic (exact) mass is 262 g/mol. The molecule has 2 aromatic rings. The summed E-state index contributed by atoms with van der Waals surface area (Å²) >= 11 is 0. The van der Waals surface area contributed by atoms with E-state index in [0.29, 0.717) is 12.2 Å². The number of nitrogen functional groups attached to an aromatic ring is 1. The maximum absolute atomic E-state index is 11.3. The normalized spacial score (nSPS) is 10.8. The van der Waals surface area contributed by atoms with Crippen molar-refractivity contribution in [1.82, 2.24) is 19.3 Å². The average molecular weight is 262 g/mol. The Morgan fingerprint density at radius 2 is 2.21 bits per heavy atom. The topological polar surface area (TPSA) is 105 Å². The summed E-state index contributed by atoms with van der Waals surface area (Å²) in [5, 5.41) is 4.21. The van der Waals surface area contributed by atoms with Gasteiger partial charge in [0.25, 0.3) is 5.91 Å². The Morgan fingerprint density at radius 1 is 1.47 bits per heavy atom. The zero-order valence-electron chi connectivity index (χ0n) is 11.1. The van der Waals surface area contributed by atoms with E-state index in [1.54, 1.807) is 10.9 Å². The molecule has 0 aliphatic carbocycles. The van der Waals surface area contributed by atoms with Crippen molar-refractivity contribution in [3.63, 3.8) is 0 Å². The molecule has 0 aliphatic rings. The minimum Gasteiger partial charge on any atom is -0.395 e. The molecule has 7 heteroatoms. The quantitative estimate of drug-likeness (QED) is 0.808. The van der Waals surface area contributed by atoms with Crippen LogP contribution in [0.5, 0.6) is 0 Å². The molecule has 0 spiro atoms. The zero-order chi connectivity index (χ0) is 14.0. The number of amides is 1. The van der Waals surface area contributed by atoms with Crippen LogP contribution in [0.15, 0.2) is 12.4 Å². The Hall–Kier alpha value is -2.31. The van der Waals surface area contributed by atoms with Crippen LogP contribution in [0.3, 0.4) is 0 Å². The van der Waals surface area contributed by atoms with Crippen molar-refractivity contribution < 1.29 is 4.79 Å². The Kier molecular flexibility index (Phi) is 3.55. The van der Waals surface area contributed by atoms with Gasteiger partial charge in [0, 0.05) is 19.4 Å². The fourth-order valence-corrected chi connectivity index (χ4v) is 2.01. The number of anilines is 1. The molecule has 2 aromatic heterocycles. The van der Waals surface area contributed by atoms with Crippen LogP contribution in [0, 0.1) is 0 Å². The number of carbonyl (C=O) groups is 1. The Labute approximate surface area is 111 Å². The van der Waals surface area contributed by atoms with Crippen LogP contribution in [-0.2, 0) is 20.0 Å². The molecule has 0 aliphatic heterocycles. The van der Waals surface area contributed by atoms with Crippen molar-refractivity contribution in [2.75, 3.05) is 5.73 Å².